The summed E-state index contributed by atoms with van der Waals surface area (Å²) in [5.74, 6) is -2.00. The molecule has 217 valence electrons. The maximum atomic E-state index is 13.6. The molecule has 0 spiro atoms. The molecule has 1 radical (unpaired) electrons. The van der Waals surface area contributed by atoms with Gasteiger partial charge in [0.25, 0.3) is 5.91 Å². The molecule has 1 aliphatic heterocycles. The van der Waals surface area contributed by atoms with E-state index in [1.165, 1.54) is 12.1 Å². The number of hydrogen-bond donors (Lipinski definition) is 3. The highest BCUT2D eigenvalue weighted by molar-refractivity contribution is 6.59. The van der Waals surface area contributed by atoms with E-state index in [1.54, 1.807) is 20.8 Å². The second kappa shape index (κ2) is 13.7. The predicted octanol–water partition coefficient (Wildman–Crippen LogP) is 3.22. The third-order valence-corrected chi connectivity index (χ3v) is 7.42. The van der Waals surface area contributed by atoms with E-state index in [4.69, 9.17) is 21.1 Å². The first-order valence-electron chi connectivity index (χ1n) is 11.6. The van der Waals surface area contributed by atoms with E-state index in [0.29, 0.717) is 6.04 Å². The number of nitrogens with zero attached hydrogens (tertiary/aromatic N) is 1. The van der Waals surface area contributed by atoms with Crippen LogP contribution in [0.3, 0.4) is 0 Å². The van der Waals surface area contributed by atoms with E-state index in [-0.39, 0.29) is 23.4 Å². The smallest absolute Gasteiger partial charge is 0.426 e. The van der Waals surface area contributed by atoms with Crippen molar-refractivity contribution in [3.63, 3.8) is 0 Å². The highest BCUT2D eigenvalue weighted by Crippen LogP contribution is 2.22. The van der Waals surface area contributed by atoms with Crippen LogP contribution >= 0.6 is 11.6 Å². The number of alkyl halides is 3. The molecule has 0 aliphatic carbocycles. The maximum Gasteiger partial charge on any atom is 0.426 e. The third kappa shape index (κ3) is 11.6. The van der Waals surface area contributed by atoms with Crippen molar-refractivity contribution in [3.05, 3.63) is 29.0 Å². The lowest BCUT2D eigenvalue weighted by atomic mass is 10.2. The fourth-order valence-corrected chi connectivity index (χ4v) is 5.52. The molecule has 0 unspecified atom stereocenters. The summed E-state index contributed by atoms with van der Waals surface area (Å²) in [5.41, 5.74) is 2.95. The van der Waals surface area contributed by atoms with Gasteiger partial charge in [-0.25, -0.2) is 19.4 Å². The van der Waals surface area contributed by atoms with Crippen LogP contribution in [0.15, 0.2) is 18.2 Å². The number of rotatable bonds is 7. The fourth-order valence-electron chi connectivity index (χ4n) is 3.19. The van der Waals surface area contributed by atoms with Crippen molar-refractivity contribution in [3.8, 4) is 5.75 Å². The van der Waals surface area contributed by atoms with Gasteiger partial charge in [0.05, 0.1) is 11.4 Å². The molecule has 39 heavy (non-hydrogen) atoms. The Balaban J connectivity index is 1.96. The Morgan fingerprint density at radius 3 is 2.46 bits per heavy atom. The molecule has 1 fully saturated rings. The van der Waals surface area contributed by atoms with Crippen molar-refractivity contribution in [2.75, 3.05) is 19.4 Å². The van der Waals surface area contributed by atoms with Crippen LogP contribution in [0.2, 0.25) is 11.1 Å². The van der Waals surface area contributed by atoms with Gasteiger partial charge in [0.15, 0.2) is 15.6 Å². The Labute approximate surface area is 228 Å². The molecule has 1 aromatic carbocycles. The first-order chi connectivity index (χ1) is 18.0. The lowest BCUT2D eigenvalue weighted by Gasteiger charge is -2.38. The SMILES string of the molecule is CC(C)(C)OC(=O)N1C[Si](NC(=O)COc2ccc(Cl)c(F)c2)CC[C@@H]1C(=O)NNC(=O)OCCC(F)(F)F. The standard InChI is InChI=1S/C22H28ClF4N4O7Si/c1-21(2,3)38-20(35)31-12-39(30-17(32)11-37-13-4-5-14(23)15(24)10-13)9-6-16(31)18(33)28-29-19(34)36-8-7-22(25,26)27/h4-5,10,16H,6-9,11-12H2,1-3H3,(H,28,33)(H,29,34)(H,30,32)/t16-/m1/s1. The number of hydrogen-bond acceptors (Lipinski definition) is 7. The summed E-state index contributed by atoms with van der Waals surface area (Å²) in [6.45, 7) is 3.47. The summed E-state index contributed by atoms with van der Waals surface area (Å²) in [5, 5.41) is -0.103. The maximum absolute atomic E-state index is 13.6. The van der Waals surface area contributed by atoms with Crippen LogP contribution in [-0.2, 0) is 19.1 Å². The largest absolute Gasteiger partial charge is 0.484 e. The molecule has 1 atom stereocenters. The molecule has 0 bridgehead atoms. The fraction of sp³-hybridized carbons (Fsp3) is 0.545. The van der Waals surface area contributed by atoms with Gasteiger partial charge >= 0.3 is 18.4 Å². The number of carbonyl (C=O) groups excluding carboxylic acids is 4. The van der Waals surface area contributed by atoms with Gasteiger partial charge in [-0.15, -0.1) is 0 Å². The topological polar surface area (TPSA) is 135 Å². The summed E-state index contributed by atoms with van der Waals surface area (Å²) in [4.78, 5) is 53.4. The van der Waals surface area contributed by atoms with Crippen LogP contribution in [-0.4, -0.2) is 75.1 Å². The Kier molecular flexibility index (Phi) is 11.2. The number of carbonyl (C=O) groups is 4. The molecule has 1 aromatic rings. The summed E-state index contributed by atoms with van der Waals surface area (Å²) in [6, 6.07) is 2.91. The second-order valence-corrected chi connectivity index (χ2v) is 12.0. The minimum atomic E-state index is -4.52. The van der Waals surface area contributed by atoms with Gasteiger partial charge in [-0.2, -0.15) is 13.2 Å². The van der Waals surface area contributed by atoms with Gasteiger partial charge < -0.3 is 19.2 Å². The summed E-state index contributed by atoms with van der Waals surface area (Å²) < 4.78 is 65.1. The van der Waals surface area contributed by atoms with E-state index in [2.05, 4.69) is 9.72 Å². The third-order valence-electron chi connectivity index (χ3n) is 4.87. The number of benzene rings is 1. The van der Waals surface area contributed by atoms with Crippen molar-refractivity contribution in [1.29, 1.82) is 0 Å². The summed E-state index contributed by atoms with van der Waals surface area (Å²) >= 11 is 5.61. The van der Waals surface area contributed by atoms with E-state index in [9.17, 15) is 36.7 Å². The highest BCUT2D eigenvalue weighted by atomic mass is 35.5. The summed E-state index contributed by atoms with van der Waals surface area (Å²) in [7, 11) is -1.78. The van der Waals surface area contributed by atoms with Crippen LogP contribution in [0.4, 0.5) is 27.2 Å². The minimum Gasteiger partial charge on any atom is -0.484 e. The molecule has 0 saturated carbocycles. The first-order valence-corrected chi connectivity index (χ1v) is 13.8. The van der Waals surface area contributed by atoms with Gasteiger partial charge in [0, 0.05) is 12.2 Å². The normalized spacial score (nSPS) is 16.2. The van der Waals surface area contributed by atoms with Gasteiger partial charge in [-0.1, -0.05) is 11.6 Å². The zero-order chi connectivity index (χ0) is 29.4. The molecule has 1 aliphatic rings. The lowest BCUT2D eigenvalue weighted by molar-refractivity contribution is -0.141. The second-order valence-electron chi connectivity index (χ2n) is 9.29. The Morgan fingerprint density at radius 1 is 1.15 bits per heavy atom. The molecule has 17 heteroatoms. The predicted molar refractivity (Wildman–Crippen MR) is 130 cm³/mol. The minimum absolute atomic E-state index is 0.0466. The van der Waals surface area contributed by atoms with Crippen molar-refractivity contribution < 1.29 is 51.0 Å². The molecule has 2 rings (SSSR count). The number of ether oxygens (including phenoxy) is 3. The van der Waals surface area contributed by atoms with Crippen molar-refractivity contribution in [2.24, 2.45) is 0 Å². The molecule has 1 saturated heterocycles. The first kappa shape index (κ1) is 31.9. The zero-order valence-corrected chi connectivity index (χ0v) is 23.0. The van der Waals surface area contributed by atoms with Crippen LogP contribution < -0.4 is 20.6 Å². The van der Waals surface area contributed by atoms with Crippen LogP contribution in [0.1, 0.15) is 33.6 Å². The number of halogens is 5. The molecule has 3 N–H and O–H groups in total. The molecular weight excluding hydrogens is 572 g/mol. The number of amides is 4. The Hall–Kier alpha value is -3.27. The van der Waals surface area contributed by atoms with E-state index in [0.717, 1.165) is 11.0 Å². The Morgan fingerprint density at radius 2 is 1.85 bits per heavy atom. The lowest BCUT2D eigenvalue weighted by Crippen LogP contribution is -2.62. The van der Waals surface area contributed by atoms with E-state index >= 15 is 0 Å². The van der Waals surface area contributed by atoms with Gasteiger partial charge in [0.2, 0.25) is 5.91 Å². The van der Waals surface area contributed by atoms with Crippen LogP contribution in [0, 0.1) is 5.82 Å². The molecule has 1 heterocycles. The van der Waals surface area contributed by atoms with E-state index in [1.807, 2.05) is 10.9 Å². The monoisotopic (exact) mass is 599 g/mol. The van der Waals surface area contributed by atoms with Crippen LogP contribution in [0.25, 0.3) is 0 Å². The summed E-state index contributed by atoms with van der Waals surface area (Å²) in [6.07, 6.45) is -8.01. The molecular formula is C22H28ClF4N4O7Si. The zero-order valence-electron chi connectivity index (χ0n) is 21.2. The van der Waals surface area contributed by atoms with Gasteiger partial charge in [0.1, 0.15) is 29.8 Å². The average Bonchev–Trinajstić information content (AvgIpc) is 2.81. The quantitative estimate of drug-likeness (QED) is 0.249. The molecule has 4 amide bonds. The average molecular weight is 600 g/mol. The van der Waals surface area contributed by atoms with Crippen molar-refractivity contribution in [1.82, 2.24) is 20.7 Å². The Bertz CT molecular complexity index is 1060. The highest BCUT2D eigenvalue weighted by Gasteiger charge is 2.40. The van der Waals surface area contributed by atoms with E-state index < -0.39 is 76.2 Å². The van der Waals surface area contributed by atoms with Crippen molar-refractivity contribution in [2.45, 2.75) is 57.5 Å². The van der Waals surface area contributed by atoms with Gasteiger partial charge in [-0.3, -0.25) is 19.9 Å². The van der Waals surface area contributed by atoms with Crippen LogP contribution in [0.5, 0.6) is 5.75 Å². The molecule has 11 nitrogen and oxygen atoms in total. The molecule has 0 aromatic heterocycles. The van der Waals surface area contributed by atoms with Crippen molar-refractivity contribution >= 4 is 44.6 Å². The number of hydrazine groups is 1. The number of nitrogens with one attached hydrogen (secondary N) is 3. The van der Waals surface area contributed by atoms with Gasteiger partial charge in [-0.05, 0) is 45.4 Å².